The van der Waals surface area contributed by atoms with Crippen molar-refractivity contribution in [2.24, 2.45) is 0 Å². The van der Waals surface area contributed by atoms with Crippen LogP contribution in [-0.4, -0.2) is 18.4 Å². The van der Waals surface area contributed by atoms with E-state index in [4.69, 9.17) is 14.7 Å². The lowest BCUT2D eigenvalue weighted by molar-refractivity contribution is -0.136. The molecule has 0 heterocycles. The minimum atomic E-state index is -0.566. The number of esters is 1. The molecule has 0 amide bonds. The van der Waals surface area contributed by atoms with Crippen LogP contribution in [0.5, 0.6) is 11.5 Å². The lowest BCUT2D eigenvalue weighted by Gasteiger charge is -2.07. The molecule has 0 spiro atoms. The summed E-state index contributed by atoms with van der Waals surface area (Å²) in [6.45, 7) is -0.272. The Morgan fingerprint density at radius 2 is 1.37 bits per heavy atom. The summed E-state index contributed by atoms with van der Waals surface area (Å²) in [4.78, 5) is 24.2. The van der Waals surface area contributed by atoms with Gasteiger partial charge in [0, 0.05) is 11.1 Å². The van der Waals surface area contributed by atoms with E-state index in [9.17, 15) is 9.59 Å². The number of ketones is 1. The highest BCUT2D eigenvalue weighted by Crippen LogP contribution is 2.16. The number of hydrogen-bond donors (Lipinski definition) is 0. The van der Waals surface area contributed by atoms with Crippen LogP contribution in [0.4, 0.5) is 0 Å². The van der Waals surface area contributed by atoms with Crippen LogP contribution in [0.15, 0.2) is 78.9 Å². The van der Waals surface area contributed by atoms with Gasteiger partial charge in [0.05, 0.1) is 11.6 Å². The van der Waals surface area contributed by atoms with Gasteiger partial charge in [0.25, 0.3) is 0 Å². The van der Waals surface area contributed by atoms with E-state index in [0.717, 1.165) is 0 Å². The first-order valence-electron chi connectivity index (χ1n) is 8.19. The van der Waals surface area contributed by atoms with E-state index in [1.54, 1.807) is 60.7 Å². The van der Waals surface area contributed by atoms with Crippen molar-refractivity contribution < 1.29 is 19.1 Å². The molecule has 0 aromatic heterocycles. The highest BCUT2D eigenvalue weighted by molar-refractivity contribution is 6.08. The maximum Gasteiger partial charge on any atom is 0.349 e. The zero-order valence-corrected chi connectivity index (χ0v) is 14.3. The van der Waals surface area contributed by atoms with Crippen LogP contribution >= 0.6 is 0 Å². The van der Waals surface area contributed by atoms with Gasteiger partial charge in [0.2, 0.25) is 0 Å². The molecule has 0 fully saturated rings. The lowest BCUT2D eigenvalue weighted by Crippen LogP contribution is -2.17. The summed E-state index contributed by atoms with van der Waals surface area (Å²) >= 11 is 0. The molecule has 3 aromatic carbocycles. The topological polar surface area (TPSA) is 76.4 Å². The Hall–Kier alpha value is -3.91. The van der Waals surface area contributed by atoms with Gasteiger partial charge in [-0.1, -0.05) is 30.3 Å². The highest BCUT2D eigenvalue weighted by atomic mass is 16.6. The monoisotopic (exact) mass is 357 g/mol. The molecule has 0 aliphatic carbocycles. The van der Waals surface area contributed by atoms with Gasteiger partial charge < -0.3 is 9.47 Å². The van der Waals surface area contributed by atoms with Crippen LogP contribution in [0.1, 0.15) is 21.5 Å². The summed E-state index contributed by atoms with van der Waals surface area (Å²) in [5.41, 5.74) is 1.63. The fraction of sp³-hybridized carbons (Fsp3) is 0.0455. The minimum Gasteiger partial charge on any atom is -0.482 e. The van der Waals surface area contributed by atoms with Gasteiger partial charge in [-0.2, -0.15) is 5.26 Å². The average molecular weight is 357 g/mol. The molecule has 0 aliphatic rings. The molecule has 0 bridgehead atoms. The third kappa shape index (κ3) is 4.80. The maximum atomic E-state index is 12.3. The van der Waals surface area contributed by atoms with Crippen molar-refractivity contribution in [3.8, 4) is 17.6 Å². The minimum absolute atomic E-state index is 0.0811. The zero-order valence-electron chi connectivity index (χ0n) is 14.3. The standard InChI is InChI=1S/C22H15NO4/c23-14-16-6-10-20(11-7-16)27-21(24)15-26-19-12-8-18(9-13-19)22(25)17-4-2-1-3-5-17/h1-13H,15H2. The maximum absolute atomic E-state index is 12.3. The first-order valence-corrected chi connectivity index (χ1v) is 8.19. The van der Waals surface area contributed by atoms with E-state index in [2.05, 4.69) is 0 Å². The second-order valence-corrected chi connectivity index (χ2v) is 5.62. The first kappa shape index (κ1) is 17.9. The van der Waals surface area contributed by atoms with Crippen molar-refractivity contribution in [3.05, 3.63) is 95.6 Å². The number of benzene rings is 3. The van der Waals surface area contributed by atoms with Gasteiger partial charge in [-0.25, -0.2) is 4.79 Å². The molecule has 0 unspecified atom stereocenters. The Bertz CT molecular complexity index is 972. The number of ether oxygens (including phenoxy) is 2. The van der Waals surface area contributed by atoms with Crippen molar-refractivity contribution >= 4 is 11.8 Å². The fourth-order valence-corrected chi connectivity index (χ4v) is 2.36. The number of nitrogens with zero attached hydrogens (tertiary/aromatic N) is 1. The SMILES string of the molecule is N#Cc1ccc(OC(=O)COc2ccc(C(=O)c3ccccc3)cc2)cc1. The third-order valence-corrected chi connectivity index (χ3v) is 3.72. The molecule has 5 nitrogen and oxygen atoms in total. The second-order valence-electron chi connectivity index (χ2n) is 5.62. The van der Waals surface area contributed by atoms with Crippen LogP contribution in [-0.2, 0) is 4.79 Å². The summed E-state index contributed by atoms with van der Waals surface area (Å²) in [6.07, 6.45) is 0. The molecular formula is C22H15NO4. The number of rotatable bonds is 6. The molecule has 3 rings (SSSR count). The smallest absolute Gasteiger partial charge is 0.349 e. The Balaban J connectivity index is 1.54. The van der Waals surface area contributed by atoms with E-state index < -0.39 is 5.97 Å². The summed E-state index contributed by atoms with van der Waals surface area (Å²) < 4.78 is 10.5. The average Bonchev–Trinajstić information content (AvgIpc) is 2.73. The van der Waals surface area contributed by atoms with Gasteiger partial charge in [0.15, 0.2) is 12.4 Å². The van der Waals surface area contributed by atoms with E-state index in [1.165, 1.54) is 0 Å². The Labute approximate surface area is 156 Å². The predicted octanol–water partition coefficient (Wildman–Crippen LogP) is 3.77. The van der Waals surface area contributed by atoms with E-state index in [-0.39, 0.29) is 12.4 Å². The molecule has 0 saturated heterocycles. The van der Waals surface area contributed by atoms with Gasteiger partial charge in [-0.3, -0.25) is 4.79 Å². The van der Waals surface area contributed by atoms with Crippen molar-refractivity contribution in [3.63, 3.8) is 0 Å². The summed E-state index contributed by atoms with van der Waals surface area (Å²) in [7, 11) is 0. The van der Waals surface area contributed by atoms with Gasteiger partial charge >= 0.3 is 5.97 Å². The van der Waals surface area contributed by atoms with Crippen molar-refractivity contribution in [1.29, 1.82) is 5.26 Å². The predicted molar refractivity (Wildman–Crippen MR) is 98.6 cm³/mol. The van der Waals surface area contributed by atoms with Gasteiger partial charge in [0.1, 0.15) is 11.5 Å². The van der Waals surface area contributed by atoms with Crippen LogP contribution in [0.3, 0.4) is 0 Å². The Morgan fingerprint density at radius 1 is 0.778 bits per heavy atom. The third-order valence-electron chi connectivity index (χ3n) is 3.72. The zero-order chi connectivity index (χ0) is 19.1. The largest absolute Gasteiger partial charge is 0.482 e. The molecule has 0 aliphatic heterocycles. The normalized spacial score (nSPS) is 9.89. The molecule has 5 heteroatoms. The molecule has 0 radical (unpaired) electrons. The van der Waals surface area contributed by atoms with Crippen LogP contribution < -0.4 is 9.47 Å². The van der Waals surface area contributed by atoms with Crippen LogP contribution in [0.2, 0.25) is 0 Å². The first-order chi connectivity index (χ1) is 13.2. The number of carbonyl (C=O) groups excluding carboxylic acids is 2. The summed E-state index contributed by atoms with van der Waals surface area (Å²) in [5, 5.41) is 8.74. The van der Waals surface area contributed by atoms with Crippen molar-refractivity contribution in [2.75, 3.05) is 6.61 Å². The van der Waals surface area contributed by atoms with E-state index in [0.29, 0.717) is 28.2 Å². The molecule has 0 saturated carbocycles. The molecule has 27 heavy (non-hydrogen) atoms. The molecule has 132 valence electrons. The number of nitriles is 1. The fourth-order valence-electron chi connectivity index (χ4n) is 2.36. The lowest BCUT2D eigenvalue weighted by atomic mass is 10.0. The second kappa shape index (κ2) is 8.45. The highest BCUT2D eigenvalue weighted by Gasteiger charge is 2.10. The van der Waals surface area contributed by atoms with Crippen LogP contribution in [0, 0.1) is 11.3 Å². The molecule has 0 atom stereocenters. The van der Waals surface area contributed by atoms with E-state index >= 15 is 0 Å². The van der Waals surface area contributed by atoms with Gasteiger partial charge in [-0.15, -0.1) is 0 Å². The number of hydrogen-bond acceptors (Lipinski definition) is 5. The quantitative estimate of drug-likeness (QED) is 0.381. The Morgan fingerprint density at radius 3 is 2.00 bits per heavy atom. The number of carbonyl (C=O) groups is 2. The molecule has 3 aromatic rings. The Kier molecular flexibility index (Phi) is 5.60. The van der Waals surface area contributed by atoms with Crippen molar-refractivity contribution in [1.82, 2.24) is 0 Å². The summed E-state index contributed by atoms with van der Waals surface area (Å²) in [5.74, 6) is 0.148. The van der Waals surface area contributed by atoms with Gasteiger partial charge in [-0.05, 0) is 48.5 Å². The van der Waals surface area contributed by atoms with E-state index in [1.807, 2.05) is 24.3 Å². The van der Waals surface area contributed by atoms with Crippen molar-refractivity contribution in [2.45, 2.75) is 0 Å². The molecular weight excluding hydrogens is 342 g/mol. The molecule has 0 N–H and O–H groups in total. The van der Waals surface area contributed by atoms with Crippen LogP contribution in [0.25, 0.3) is 0 Å². The summed E-state index contributed by atoms with van der Waals surface area (Å²) in [6, 6.07) is 23.7.